The maximum atomic E-state index is 12.8. The van der Waals surface area contributed by atoms with Gasteiger partial charge in [-0.1, -0.05) is 18.2 Å². The normalized spacial score (nSPS) is 11.5. The van der Waals surface area contributed by atoms with Crippen LogP contribution in [0.1, 0.15) is 20.9 Å². The van der Waals surface area contributed by atoms with Crippen LogP contribution in [0.4, 0.5) is 0 Å². The van der Waals surface area contributed by atoms with Crippen LogP contribution in [0.25, 0.3) is 16.7 Å². The van der Waals surface area contributed by atoms with E-state index in [4.69, 9.17) is 0 Å². The first kappa shape index (κ1) is 12.3. The summed E-state index contributed by atoms with van der Waals surface area (Å²) >= 11 is 1.46. The van der Waals surface area contributed by atoms with Gasteiger partial charge in [-0.25, -0.2) is 4.52 Å². The topological polar surface area (TPSA) is 39.3 Å². The molecule has 1 aromatic carbocycles. The first-order valence-electron chi connectivity index (χ1n) is 6.69. The molecule has 0 saturated heterocycles. The molecule has 21 heavy (non-hydrogen) atoms. The van der Waals surface area contributed by atoms with Gasteiger partial charge in [0.05, 0.1) is 27.2 Å². The molecule has 3 heterocycles. The summed E-state index contributed by atoms with van der Waals surface area (Å²) < 4.78 is 3.90. The molecule has 4 aromatic rings. The van der Waals surface area contributed by atoms with E-state index in [2.05, 4.69) is 5.10 Å². The van der Waals surface area contributed by atoms with Gasteiger partial charge in [-0.05, 0) is 30.5 Å². The van der Waals surface area contributed by atoms with E-state index < -0.39 is 0 Å². The number of benzene rings is 1. The van der Waals surface area contributed by atoms with Gasteiger partial charge in [-0.15, -0.1) is 11.3 Å². The second-order valence-corrected chi connectivity index (χ2v) is 6.00. The first-order chi connectivity index (χ1) is 10.2. The molecule has 0 spiro atoms. The minimum absolute atomic E-state index is 0.0448. The Bertz CT molecular complexity index is 976. The van der Waals surface area contributed by atoms with E-state index >= 15 is 0 Å². The summed E-state index contributed by atoms with van der Waals surface area (Å²) in [7, 11) is 1.98. The Kier molecular flexibility index (Phi) is 2.53. The molecule has 4 rings (SSSR count). The third kappa shape index (κ3) is 1.61. The molecule has 3 aromatic heterocycles. The number of carbonyl (C=O) groups is 1. The zero-order valence-electron chi connectivity index (χ0n) is 11.7. The van der Waals surface area contributed by atoms with Gasteiger partial charge in [-0.2, -0.15) is 5.10 Å². The average molecular weight is 295 g/mol. The summed E-state index contributed by atoms with van der Waals surface area (Å²) in [6.07, 6.45) is 0. The predicted octanol–water partition coefficient (Wildman–Crippen LogP) is 3.43. The SMILES string of the molecule is Cc1nn2c3ccccc3n(C)c2c1C(=O)c1cccs1. The van der Waals surface area contributed by atoms with E-state index in [-0.39, 0.29) is 5.78 Å². The number of imidazole rings is 1. The van der Waals surface area contributed by atoms with E-state index in [0.717, 1.165) is 27.3 Å². The molecule has 0 aliphatic heterocycles. The van der Waals surface area contributed by atoms with E-state index in [9.17, 15) is 4.79 Å². The third-order valence-electron chi connectivity index (χ3n) is 3.80. The highest BCUT2D eigenvalue weighted by molar-refractivity contribution is 7.12. The molecule has 0 amide bonds. The molecular weight excluding hydrogens is 282 g/mol. The highest BCUT2D eigenvalue weighted by Crippen LogP contribution is 2.27. The van der Waals surface area contributed by atoms with E-state index in [1.165, 1.54) is 11.3 Å². The van der Waals surface area contributed by atoms with Crippen LogP contribution in [0, 0.1) is 6.92 Å². The van der Waals surface area contributed by atoms with E-state index in [1.807, 2.05) is 64.8 Å². The van der Waals surface area contributed by atoms with Crippen molar-refractivity contribution in [2.45, 2.75) is 6.92 Å². The second kappa shape index (κ2) is 4.30. The molecule has 0 unspecified atom stereocenters. The summed E-state index contributed by atoms with van der Waals surface area (Å²) in [5, 5.41) is 6.49. The lowest BCUT2D eigenvalue weighted by Gasteiger charge is -2.00. The largest absolute Gasteiger partial charge is 0.327 e. The van der Waals surface area contributed by atoms with E-state index in [0.29, 0.717) is 5.56 Å². The fraction of sp³-hybridized carbons (Fsp3) is 0.125. The fourth-order valence-corrected chi connectivity index (χ4v) is 3.50. The zero-order chi connectivity index (χ0) is 14.6. The number of hydrogen-bond donors (Lipinski definition) is 0. The van der Waals surface area contributed by atoms with Crippen molar-refractivity contribution < 1.29 is 4.79 Å². The Morgan fingerprint density at radius 2 is 1.90 bits per heavy atom. The van der Waals surface area contributed by atoms with Crippen molar-refractivity contribution in [1.82, 2.24) is 14.2 Å². The van der Waals surface area contributed by atoms with Gasteiger partial charge in [0, 0.05) is 7.05 Å². The van der Waals surface area contributed by atoms with Gasteiger partial charge in [0.2, 0.25) is 5.78 Å². The van der Waals surface area contributed by atoms with Gasteiger partial charge >= 0.3 is 0 Å². The smallest absolute Gasteiger partial charge is 0.208 e. The number of thiophene rings is 1. The van der Waals surface area contributed by atoms with Crippen molar-refractivity contribution in [3.8, 4) is 0 Å². The lowest BCUT2D eigenvalue weighted by atomic mass is 10.1. The number of ketones is 1. The molecule has 5 heteroatoms. The molecule has 0 aliphatic carbocycles. The lowest BCUT2D eigenvalue weighted by molar-refractivity contribution is 0.104. The molecule has 0 bridgehead atoms. The number of fused-ring (bicyclic) bond motifs is 3. The second-order valence-electron chi connectivity index (χ2n) is 5.05. The van der Waals surface area contributed by atoms with Gasteiger partial charge in [-0.3, -0.25) is 4.79 Å². The summed E-state index contributed by atoms with van der Waals surface area (Å²) in [4.78, 5) is 13.5. The van der Waals surface area contributed by atoms with Crippen LogP contribution in [-0.2, 0) is 7.05 Å². The Morgan fingerprint density at radius 1 is 1.14 bits per heavy atom. The van der Waals surface area contributed by atoms with Crippen LogP contribution in [0.3, 0.4) is 0 Å². The van der Waals surface area contributed by atoms with Crippen LogP contribution in [0.5, 0.6) is 0 Å². The Morgan fingerprint density at radius 3 is 2.62 bits per heavy atom. The monoisotopic (exact) mass is 295 g/mol. The predicted molar refractivity (Wildman–Crippen MR) is 84.2 cm³/mol. The summed E-state index contributed by atoms with van der Waals surface area (Å²) in [5.41, 5.74) is 4.40. The quantitative estimate of drug-likeness (QED) is 0.531. The number of rotatable bonds is 2. The Labute approximate surface area is 125 Å². The van der Waals surface area contributed by atoms with Crippen molar-refractivity contribution >= 4 is 33.8 Å². The number of nitrogens with zero attached hydrogens (tertiary/aromatic N) is 3. The van der Waals surface area contributed by atoms with Crippen molar-refractivity contribution in [1.29, 1.82) is 0 Å². The first-order valence-corrected chi connectivity index (χ1v) is 7.57. The maximum Gasteiger partial charge on any atom is 0.208 e. The Balaban J connectivity index is 2.10. The molecule has 4 nitrogen and oxygen atoms in total. The van der Waals surface area contributed by atoms with Gasteiger partial charge in [0.1, 0.15) is 5.65 Å². The van der Waals surface area contributed by atoms with Crippen molar-refractivity contribution in [2.75, 3.05) is 0 Å². The highest BCUT2D eigenvalue weighted by atomic mass is 32.1. The number of para-hydroxylation sites is 2. The number of aromatic nitrogens is 3. The van der Waals surface area contributed by atoms with Crippen LogP contribution in [0.2, 0.25) is 0 Å². The molecule has 0 N–H and O–H groups in total. The maximum absolute atomic E-state index is 12.8. The summed E-state index contributed by atoms with van der Waals surface area (Å²) in [5.74, 6) is 0.0448. The highest BCUT2D eigenvalue weighted by Gasteiger charge is 2.23. The van der Waals surface area contributed by atoms with Crippen LogP contribution in [0.15, 0.2) is 41.8 Å². The Hall–Kier alpha value is -2.40. The molecule has 0 atom stereocenters. The van der Waals surface area contributed by atoms with Gasteiger partial charge in [0.25, 0.3) is 0 Å². The summed E-state index contributed by atoms with van der Waals surface area (Å²) in [6.45, 7) is 1.89. The molecular formula is C16H13N3OS. The zero-order valence-corrected chi connectivity index (χ0v) is 12.5. The average Bonchev–Trinajstić information content (AvgIpc) is 3.17. The van der Waals surface area contributed by atoms with Crippen LogP contribution >= 0.6 is 11.3 Å². The molecule has 0 radical (unpaired) electrons. The van der Waals surface area contributed by atoms with Crippen LogP contribution in [-0.4, -0.2) is 20.0 Å². The third-order valence-corrected chi connectivity index (χ3v) is 4.67. The number of carbonyl (C=O) groups excluding carboxylic acids is 1. The van der Waals surface area contributed by atoms with Crippen LogP contribution < -0.4 is 0 Å². The molecule has 0 fully saturated rings. The minimum Gasteiger partial charge on any atom is -0.327 e. The fourth-order valence-electron chi connectivity index (χ4n) is 2.83. The standard InChI is InChI=1S/C16H13N3OS/c1-10-14(15(20)13-8-5-9-21-13)16-18(2)11-6-3-4-7-12(11)19(16)17-10/h3-9H,1-2H3. The number of hydrogen-bond acceptors (Lipinski definition) is 3. The van der Waals surface area contributed by atoms with Gasteiger partial charge < -0.3 is 4.57 Å². The van der Waals surface area contributed by atoms with E-state index in [1.54, 1.807) is 0 Å². The van der Waals surface area contributed by atoms with Crippen molar-refractivity contribution in [3.05, 3.63) is 57.9 Å². The minimum atomic E-state index is 0.0448. The van der Waals surface area contributed by atoms with Crippen molar-refractivity contribution in [2.24, 2.45) is 7.05 Å². The molecule has 0 saturated carbocycles. The molecule has 0 aliphatic rings. The lowest BCUT2D eigenvalue weighted by Crippen LogP contribution is -2.02. The summed E-state index contributed by atoms with van der Waals surface area (Å²) in [6, 6.07) is 11.8. The van der Waals surface area contributed by atoms with Crippen molar-refractivity contribution in [3.63, 3.8) is 0 Å². The van der Waals surface area contributed by atoms with Gasteiger partial charge in [0.15, 0.2) is 0 Å². The molecule has 104 valence electrons. The number of aryl methyl sites for hydroxylation is 2.